The molecule has 0 unspecified atom stereocenters. The first-order valence-corrected chi connectivity index (χ1v) is 12.3. The van der Waals surface area contributed by atoms with Crippen LogP contribution in [0.3, 0.4) is 0 Å². The van der Waals surface area contributed by atoms with E-state index in [1.54, 1.807) is 32.0 Å². The molecule has 0 radical (unpaired) electrons. The standard InChI is InChI=1S/C25H25FN2O5S/c1-4-33-25(30)22-6-5-7-23(17(22)2)27-24(29)19-10-14-21(15-11-19)28(34(3,31)32)16-18-8-12-20(26)13-9-18/h5-15H,4,16H2,1-3H3,(H,27,29). The second-order valence-electron chi connectivity index (χ2n) is 7.60. The number of nitrogens with one attached hydrogen (secondary N) is 1. The maximum absolute atomic E-state index is 13.2. The van der Waals surface area contributed by atoms with Crippen molar-refractivity contribution in [1.82, 2.24) is 0 Å². The monoisotopic (exact) mass is 484 g/mol. The van der Waals surface area contributed by atoms with Gasteiger partial charge in [-0.05, 0) is 73.5 Å². The van der Waals surface area contributed by atoms with Gasteiger partial charge in [0.1, 0.15) is 5.82 Å². The van der Waals surface area contributed by atoms with Crippen LogP contribution in [0.4, 0.5) is 15.8 Å². The Kier molecular flexibility index (Phi) is 7.68. The molecule has 0 spiro atoms. The van der Waals surface area contributed by atoms with Crippen molar-refractivity contribution in [2.45, 2.75) is 20.4 Å². The molecule has 9 heteroatoms. The Labute approximate surface area is 198 Å². The van der Waals surface area contributed by atoms with Crippen LogP contribution in [-0.2, 0) is 21.3 Å². The maximum atomic E-state index is 13.2. The van der Waals surface area contributed by atoms with Gasteiger partial charge < -0.3 is 10.1 Å². The van der Waals surface area contributed by atoms with Crippen molar-refractivity contribution in [3.05, 3.63) is 94.8 Å². The molecule has 0 heterocycles. The highest BCUT2D eigenvalue weighted by Gasteiger charge is 2.19. The molecule has 1 N–H and O–H groups in total. The molecule has 1 amide bonds. The van der Waals surface area contributed by atoms with Crippen LogP contribution in [0.1, 0.15) is 38.8 Å². The highest BCUT2D eigenvalue weighted by atomic mass is 32.2. The molecule has 0 aliphatic rings. The zero-order chi connectivity index (χ0) is 24.9. The Bertz CT molecular complexity index is 1290. The first-order valence-electron chi connectivity index (χ1n) is 10.5. The quantitative estimate of drug-likeness (QED) is 0.474. The molecule has 3 aromatic rings. The minimum atomic E-state index is -3.64. The Hall–Kier alpha value is -3.72. The zero-order valence-corrected chi connectivity index (χ0v) is 19.9. The highest BCUT2D eigenvalue weighted by molar-refractivity contribution is 7.92. The fourth-order valence-electron chi connectivity index (χ4n) is 3.33. The van der Waals surface area contributed by atoms with Gasteiger partial charge in [0.2, 0.25) is 10.0 Å². The summed E-state index contributed by atoms with van der Waals surface area (Å²) in [4.78, 5) is 24.9. The molecule has 7 nitrogen and oxygen atoms in total. The van der Waals surface area contributed by atoms with Gasteiger partial charge in [0, 0.05) is 11.3 Å². The summed E-state index contributed by atoms with van der Waals surface area (Å²) in [5.41, 5.74) is 2.69. The minimum absolute atomic E-state index is 0.0184. The van der Waals surface area contributed by atoms with Crippen molar-refractivity contribution >= 4 is 33.3 Å². The van der Waals surface area contributed by atoms with Crippen molar-refractivity contribution < 1.29 is 27.1 Å². The van der Waals surface area contributed by atoms with Crippen molar-refractivity contribution in [3.8, 4) is 0 Å². The largest absolute Gasteiger partial charge is 0.462 e. The molecular formula is C25H25FN2O5S. The molecule has 0 saturated heterocycles. The Morgan fingerprint density at radius 1 is 1.00 bits per heavy atom. The third-order valence-corrected chi connectivity index (χ3v) is 6.28. The third-order valence-electron chi connectivity index (χ3n) is 5.13. The van der Waals surface area contributed by atoms with Crippen LogP contribution in [0.25, 0.3) is 0 Å². The Morgan fingerprint density at radius 3 is 2.24 bits per heavy atom. The van der Waals surface area contributed by atoms with E-state index in [0.717, 1.165) is 6.26 Å². The van der Waals surface area contributed by atoms with E-state index in [1.807, 2.05) is 0 Å². The summed E-state index contributed by atoms with van der Waals surface area (Å²) >= 11 is 0. The molecule has 0 aliphatic heterocycles. The number of anilines is 2. The number of rotatable bonds is 8. The normalized spacial score (nSPS) is 11.1. The topological polar surface area (TPSA) is 92.8 Å². The Morgan fingerprint density at radius 2 is 1.65 bits per heavy atom. The lowest BCUT2D eigenvalue weighted by Gasteiger charge is -2.23. The number of nitrogens with zero attached hydrogens (tertiary/aromatic N) is 1. The third kappa shape index (κ3) is 5.99. The summed E-state index contributed by atoms with van der Waals surface area (Å²) in [5.74, 6) is -1.30. The van der Waals surface area contributed by atoms with E-state index in [-0.39, 0.29) is 13.2 Å². The average Bonchev–Trinajstić information content (AvgIpc) is 2.79. The number of ether oxygens (including phenoxy) is 1. The van der Waals surface area contributed by atoms with Gasteiger partial charge in [-0.3, -0.25) is 9.10 Å². The molecule has 0 fully saturated rings. The van der Waals surface area contributed by atoms with Gasteiger partial charge in [-0.15, -0.1) is 0 Å². The summed E-state index contributed by atoms with van der Waals surface area (Å²) in [5, 5.41) is 2.77. The van der Waals surface area contributed by atoms with Gasteiger partial charge in [0.25, 0.3) is 5.91 Å². The molecule has 0 saturated carbocycles. The van der Waals surface area contributed by atoms with Crippen molar-refractivity contribution in [2.24, 2.45) is 0 Å². The molecule has 0 atom stereocenters. The number of carbonyl (C=O) groups excluding carboxylic acids is 2. The van der Waals surface area contributed by atoms with E-state index in [2.05, 4.69) is 5.32 Å². The van der Waals surface area contributed by atoms with Gasteiger partial charge in [0.15, 0.2) is 0 Å². The smallest absolute Gasteiger partial charge is 0.338 e. The van der Waals surface area contributed by atoms with Crippen LogP contribution in [0.15, 0.2) is 66.7 Å². The number of sulfonamides is 1. The van der Waals surface area contributed by atoms with Crippen molar-refractivity contribution in [2.75, 3.05) is 22.5 Å². The second kappa shape index (κ2) is 10.5. The predicted octanol–water partition coefficient (Wildman–Crippen LogP) is 4.53. The molecule has 0 aromatic heterocycles. The maximum Gasteiger partial charge on any atom is 0.338 e. The van der Waals surface area contributed by atoms with E-state index in [4.69, 9.17) is 4.74 Å². The lowest BCUT2D eigenvalue weighted by Crippen LogP contribution is -2.29. The number of benzene rings is 3. The molecule has 0 aliphatic carbocycles. The molecule has 3 rings (SSSR count). The summed E-state index contributed by atoms with van der Waals surface area (Å²) in [7, 11) is -3.64. The second-order valence-corrected chi connectivity index (χ2v) is 9.50. The summed E-state index contributed by atoms with van der Waals surface area (Å²) in [6, 6.07) is 16.6. The number of esters is 1. The van der Waals surface area contributed by atoms with Crippen LogP contribution >= 0.6 is 0 Å². The van der Waals surface area contributed by atoms with Gasteiger partial charge >= 0.3 is 5.97 Å². The predicted molar refractivity (Wildman–Crippen MR) is 129 cm³/mol. The lowest BCUT2D eigenvalue weighted by atomic mass is 10.1. The molecule has 34 heavy (non-hydrogen) atoms. The number of hydrogen-bond donors (Lipinski definition) is 1. The highest BCUT2D eigenvalue weighted by Crippen LogP contribution is 2.24. The van der Waals surface area contributed by atoms with E-state index in [1.165, 1.54) is 52.8 Å². The fraction of sp³-hybridized carbons (Fsp3) is 0.200. The molecule has 0 bridgehead atoms. The molecule has 178 valence electrons. The lowest BCUT2D eigenvalue weighted by molar-refractivity contribution is 0.0525. The van der Waals surface area contributed by atoms with Crippen LogP contribution in [0, 0.1) is 12.7 Å². The van der Waals surface area contributed by atoms with Crippen molar-refractivity contribution in [3.63, 3.8) is 0 Å². The average molecular weight is 485 g/mol. The van der Waals surface area contributed by atoms with Crippen LogP contribution in [0.5, 0.6) is 0 Å². The minimum Gasteiger partial charge on any atom is -0.462 e. The summed E-state index contributed by atoms with van der Waals surface area (Å²) in [6.45, 7) is 3.69. The summed E-state index contributed by atoms with van der Waals surface area (Å²) < 4.78 is 44.1. The van der Waals surface area contributed by atoms with Crippen LogP contribution in [-0.4, -0.2) is 33.2 Å². The van der Waals surface area contributed by atoms with Gasteiger partial charge in [-0.2, -0.15) is 0 Å². The summed E-state index contributed by atoms with van der Waals surface area (Å²) in [6.07, 6.45) is 1.08. The Balaban J connectivity index is 1.80. The first kappa shape index (κ1) is 24.9. The van der Waals surface area contributed by atoms with Crippen molar-refractivity contribution in [1.29, 1.82) is 0 Å². The van der Waals surface area contributed by atoms with Gasteiger partial charge in [-0.25, -0.2) is 17.6 Å². The molecule has 3 aromatic carbocycles. The van der Waals surface area contributed by atoms with E-state index >= 15 is 0 Å². The number of hydrogen-bond acceptors (Lipinski definition) is 5. The zero-order valence-electron chi connectivity index (χ0n) is 19.0. The molecular weight excluding hydrogens is 459 g/mol. The van der Waals surface area contributed by atoms with E-state index < -0.39 is 27.7 Å². The van der Waals surface area contributed by atoms with Gasteiger partial charge in [-0.1, -0.05) is 18.2 Å². The van der Waals surface area contributed by atoms with Gasteiger partial charge in [0.05, 0.1) is 30.7 Å². The SMILES string of the molecule is CCOC(=O)c1cccc(NC(=O)c2ccc(N(Cc3ccc(F)cc3)S(C)(=O)=O)cc2)c1C. The van der Waals surface area contributed by atoms with E-state index in [9.17, 15) is 22.4 Å². The number of carbonyl (C=O) groups is 2. The first-order chi connectivity index (χ1) is 16.1. The van der Waals surface area contributed by atoms with Crippen LogP contribution in [0.2, 0.25) is 0 Å². The van der Waals surface area contributed by atoms with E-state index in [0.29, 0.717) is 33.6 Å². The van der Waals surface area contributed by atoms with Crippen LogP contribution < -0.4 is 9.62 Å². The number of amides is 1. The number of halogens is 1. The fourth-order valence-corrected chi connectivity index (χ4v) is 4.22.